The summed E-state index contributed by atoms with van der Waals surface area (Å²) in [6.45, 7) is 11.5. The van der Waals surface area contributed by atoms with Gasteiger partial charge in [-0.3, -0.25) is 9.79 Å². The summed E-state index contributed by atoms with van der Waals surface area (Å²) in [5, 5.41) is 16.8. The van der Waals surface area contributed by atoms with Gasteiger partial charge in [-0.15, -0.1) is 58.8 Å². The van der Waals surface area contributed by atoms with Crippen molar-refractivity contribution in [1.82, 2.24) is 5.32 Å². The Bertz CT molecular complexity index is 2600. The van der Waals surface area contributed by atoms with Crippen molar-refractivity contribution in [3.63, 3.8) is 0 Å². The van der Waals surface area contributed by atoms with Crippen LogP contribution in [0.15, 0.2) is 130 Å². The minimum Gasteiger partial charge on any atom is -0.411 e. The number of nitrogens with one attached hydrogen (secondary N) is 1. The molecule has 0 aliphatic carbocycles. The van der Waals surface area contributed by atoms with Crippen molar-refractivity contribution < 1.29 is 10.0 Å². The Balaban J connectivity index is 0.000000125. The summed E-state index contributed by atoms with van der Waals surface area (Å²) in [6.07, 6.45) is 4.95. The second kappa shape index (κ2) is 25.6. The first-order chi connectivity index (χ1) is 32.5. The molecule has 0 aromatic heterocycles. The van der Waals surface area contributed by atoms with Crippen LogP contribution in [0, 0.1) is 34.6 Å². The highest BCUT2D eigenvalue weighted by molar-refractivity contribution is 8.14. The molecule has 11 rings (SSSR count). The summed E-state index contributed by atoms with van der Waals surface area (Å²) in [4.78, 5) is 22.4. The minimum absolute atomic E-state index is 0.256. The fourth-order valence-electron chi connectivity index (χ4n) is 8.18. The standard InChI is InChI=1S/C13H16N2S2.C10H11NOS.C10H11NS2.C10H13NS.C10H10OS/c1-9-2-3-10-11(4-6-16-12(10)8-9)15-13-14-5-7-17-13;2*1-7-2-3-8-9(11-12)4-5-13-10(8)6-7;2*1-7-2-3-8-9(11)4-5-12-10(8)6-7/h2-3,8,11H,4-7H2,1H3,(H,14,15);2-3,6,12H,4-5H2,1H3;2-3,6,9H,4-5H2,1H3;2-3,6,9H,4-5,11H2,1H3;2-3,6H,4-5H2,1H3/b;11-9+;;;. The van der Waals surface area contributed by atoms with Crippen LogP contribution in [0.3, 0.4) is 0 Å². The average Bonchev–Trinajstić information content (AvgIpc) is 3.85. The summed E-state index contributed by atoms with van der Waals surface area (Å²) in [7, 11) is 0. The largest absolute Gasteiger partial charge is 0.411 e. The van der Waals surface area contributed by atoms with Gasteiger partial charge in [0.2, 0.25) is 0 Å². The number of carbonyl (C=O) groups is 1. The molecule has 67 heavy (non-hydrogen) atoms. The molecule has 352 valence electrons. The normalized spacial score (nSPS) is 20.3. The first-order valence-electron chi connectivity index (χ1n) is 22.9. The predicted molar refractivity (Wildman–Crippen MR) is 295 cm³/mol. The third-order valence-electron chi connectivity index (χ3n) is 11.8. The van der Waals surface area contributed by atoms with Crippen LogP contribution in [0.1, 0.15) is 111 Å². The number of rotatable bonds is 2. The number of aryl methyl sites for hydroxylation is 5. The second-order valence-electron chi connectivity index (χ2n) is 17.2. The number of hydrogen-bond acceptors (Lipinski definition) is 14. The number of ketones is 1. The third-order valence-corrected chi connectivity index (χ3v) is 18.4. The zero-order valence-corrected chi connectivity index (χ0v) is 44.7. The first-order valence-corrected chi connectivity index (χ1v) is 29.2. The van der Waals surface area contributed by atoms with E-state index in [0.29, 0.717) is 18.2 Å². The van der Waals surface area contributed by atoms with E-state index in [2.05, 4.69) is 127 Å². The smallest absolute Gasteiger partial charge is 0.164 e. The number of benzene rings is 5. The fourth-order valence-corrected chi connectivity index (χ4v) is 15.1. The van der Waals surface area contributed by atoms with E-state index in [-0.39, 0.29) is 12.1 Å². The number of aliphatic imine (C=N–C) groups is 1. The molecule has 3 atom stereocenters. The number of carbonyl (C=O) groups excluding carboxylic acids is 1. The van der Waals surface area contributed by atoms with Gasteiger partial charge in [0.15, 0.2) is 11.0 Å². The number of fused-ring (bicyclic) bond motifs is 5. The fraction of sp³-hybridized carbons (Fsp3) is 0.377. The predicted octanol–water partition coefficient (Wildman–Crippen LogP) is 14.3. The van der Waals surface area contributed by atoms with Gasteiger partial charge in [-0.25, -0.2) is 4.36 Å². The van der Waals surface area contributed by atoms with Gasteiger partial charge in [-0.2, -0.15) is 0 Å². The lowest BCUT2D eigenvalue weighted by Crippen LogP contribution is -2.28. The van der Waals surface area contributed by atoms with E-state index in [9.17, 15) is 4.79 Å². The Hall–Kier alpha value is -3.21. The Morgan fingerprint density at radius 3 is 1.69 bits per heavy atom. The SMILES string of the molecule is Cc1ccc2c(c1)SCC/C2=N\O.Cc1ccc2c(c1)SCCC2=O.Cc1ccc2c(c1)SCCC2N.Cc1ccc2c(c1)SCCC2N=S.Cc1ccc2c(c1)SCCC2NC1=NCCS1. The highest BCUT2D eigenvalue weighted by Crippen LogP contribution is 2.40. The Morgan fingerprint density at radius 1 is 0.582 bits per heavy atom. The van der Waals surface area contributed by atoms with Crippen molar-refractivity contribution in [1.29, 1.82) is 0 Å². The molecular weight excluding hydrogens is 963 g/mol. The molecule has 0 amide bonds. The Morgan fingerprint density at radius 2 is 1.07 bits per heavy atom. The molecule has 7 nitrogen and oxygen atoms in total. The third kappa shape index (κ3) is 14.4. The molecule has 5 aromatic carbocycles. The molecule has 4 N–H and O–H groups in total. The van der Waals surface area contributed by atoms with Crippen LogP contribution >= 0.6 is 70.6 Å². The van der Waals surface area contributed by atoms with Gasteiger partial charge in [-0.05, 0) is 134 Å². The summed E-state index contributed by atoms with van der Waals surface area (Å²) in [5.41, 5.74) is 19.4. The van der Waals surface area contributed by atoms with Crippen molar-refractivity contribution >= 4 is 99.7 Å². The van der Waals surface area contributed by atoms with Crippen LogP contribution in [0.2, 0.25) is 0 Å². The van der Waals surface area contributed by atoms with Crippen LogP contribution in [-0.4, -0.2) is 62.9 Å². The molecule has 0 fully saturated rings. The zero-order chi connectivity index (χ0) is 47.3. The molecular formula is C53H61N5O2S7. The van der Waals surface area contributed by atoms with Crippen LogP contribution in [-0.2, 0) is 12.4 Å². The summed E-state index contributed by atoms with van der Waals surface area (Å²) < 4.78 is 3.99. The summed E-state index contributed by atoms with van der Waals surface area (Å²) >= 11 is 16.1. The topological polar surface area (TPSA) is 112 Å². The molecule has 0 spiro atoms. The highest BCUT2D eigenvalue weighted by Gasteiger charge is 2.24. The molecule has 3 unspecified atom stereocenters. The maximum atomic E-state index is 11.4. The van der Waals surface area contributed by atoms with Gasteiger partial charge in [-0.1, -0.05) is 77.6 Å². The van der Waals surface area contributed by atoms with Crippen molar-refractivity contribution in [3.05, 3.63) is 147 Å². The molecule has 6 aliphatic heterocycles. The van der Waals surface area contributed by atoms with E-state index in [1.165, 1.54) is 76.3 Å². The Labute approximate surface area is 428 Å². The van der Waals surface area contributed by atoms with Gasteiger partial charge >= 0.3 is 0 Å². The van der Waals surface area contributed by atoms with Crippen molar-refractivity contribution in [2.75, 3.05) is 41.1 Å². The van der Waals surface area contributed by atoms with E-state index in [1.54, 1.807) is 11.8 Å². The molecule has 6 aliphatic rings. The number of thioether (sulfide) groups is 6. The summed E-state index contributed by atoms with van der Waals surface area (Å²) in [5.74, 6) is 6.88. The number of nitrogens with zero attached hydrogens (tertiary/aromatic N) is 3. The van der Waals surface area contributed by atoms with E-state index in [4.69, 9.17) is 23.4 Å². The molecule has 14 heteroatoms. The molecule has 0 radical (unpaired) electrons. The lowest BCUT2D eigenvalue weighted by molar-refractivity contribution is 0.0984. The molecule has 0 bridgehead atoms. The number of amidine groups is 1. The molecule has 0 saturated heterocycles. The molecule has 6 heterocycles. The quantitative estimate of drug-likeness (QED) is 0.116. The number of oxime groups is 1. The van der Waals surface area contributed by atoms with Gasteiger partial charge in [0.05, 0.1) is 24.3 Å². The van der Waals surface area contributed by atoms with E-state index in [1.807, 2.05) is 77.0 Å². The van der Waals surface area contributed by atoms with Gasteiger partial charge in [0.25, 0.3) is 0 Å². The van der Waals surface area contributed by atoms with Gasteiger partial charge < -0.3 is 16.3 Å². The zero-order valence-electron chi connectivity index (χ0n) is 39.0. The molecule has 0 saturated carbocycles. The minimum atomic E-state index is 0.256. The number of nitrogens with two attached hydrogens (primary N) is 1. The number of hydrogen-bond donors (Lipinski definition) is 3. The van der Waals surface area contributed by atoms with E-state index < -0.39 is 0 Å². The maximum Gasteiger partial charge on any atom is 0.164 e. The maximum absolute atomic E-state index is 11.4. The van der Waals surface area contributed by atoms with Crippen molar-refractivity contribution in [3.8, 4) is 0 Å². The van der Waals surface area contributed by atoms with Crippen molar-refractivity contribution in [2.45, 2.75) is 109 Å². The Kier molecular flexibility index (Phi) is 19.7. The van der Waals surface area contributed by atoms with Crippen LogP contribution in [0.4, 0.5) is 0 Å². The lowest BCUT2D eigenvalue weighted by Gasteiger charge is -2.26. The number of Topliss-reactive ketones (excluding diaryl/α,β-unsaturated/α-hetero) is 1. The van der Waals surface area contributed by atoms with E-state index in [0.717, 1.165) is 81.5 Å². The lowest BCUT2D eigenvalue weighted by atomic mass is 10.0. The second-order valence-corrected chi connectivity index (χ2v) is 24.1. The van der Waals surface area contributed by atoms with Crippen LogP contribution < -0.4 is 11.1 Å². The average molecular weight is 1020 g/mol. The van der Waals surface area contributed by atoms with Crippen molar-refractivity contribution in [2.24, 2.45) is 20.2 Å². The highest BCUT2D eigenvalue weighted by atomic mass is 32.2. The van der Waals surface area contributed by atoms with E-state index >= 15 is 0 Å². The van der Waals surface area contributed by atoms with Gasteiger partial charge in [0.1, 0.15) is 0 Å². The molecule has 5 aromatic rings. The summed E-state index contributed by atoms with van der Waals surface area (Å²) in [6, 6.07) is 33.1. The van der Waals surface area contributed by atoms with Crippen LogP contribution in [0.5, 0.6) is 0 Å². The van der Waals surface area contributed by atoms with Crippen LogP contribution in [0.25, 0.3) is 0 Å². The monoisotopic (exact) mass is 1020 g/mol. The van der Waals surface area contributed by atoms with Gasteiger partial charge in [0, 0.05) is 95.7 Å². The first kappa shape index (κ1) is 51.6.